The summed E-state index contributed by atoms with van der Waals surface area (Å²) in [7, 11) is 1.39. The SMILES string of the molecule is CO[C@H](C)C(NC(C)=O)C(=O)O. The first-order valence-corrected chi connectivity index (χ1v) is 3.51. The summed E-state index contributed by atoms with van der Waals surface area (Å²) in [6, 6.07) is -0.979. The Balaban J connectivity index is 4.22. The van der Waals surface area contributed by atoms with Crippen molar-refractivity contribution in [3.63, 3.8) is 0 Å². The van der Waals surface area contributed by atoms with E-state index in [1.165, 1.54) is 14.0 Å². The van der Waals surface area contributed by atoms with Gasteiger partial charge in [0.25, 0.3) is 0 Å². The molecule has 2 atom stereocenters. The molecular weight excluding hydrogens is 162 g/mol. The lowest BCUT2D eigenvalue weighted by atomic mass is 10.2. The van der Waals surface area contributed by atoms with Gasteiger partial charge in [0.05, 0.1) is 6.10 Å². The zero-order chi connectivity index (χ0) is 9.72. The molecule has 0 fully saturated rings. The van der Waals surface area contributed by atoms with Crippen LogP contribution in [0.3, 0.4) is 0 Å². The van der Waals surface area contributed by atoms with Crippen molar-refractivity contribution >= 4 is 11.9 Å². The minimum absolute atomic E-state index is 0.383. The highest BCUT2D eigenvalue weighted by atomic mass is 16.5. The van der Waals surface area contributed by atoms with Crippen molar-refractivity contribution in [2.75, 3.05) is 7.11 Å². The van der Waals surface area contributed by atoms with Crippen LogP contribution in [-0.2, 0) is 14.3 Å². The maximum Gasteiger partial charge on any atom is 0.328 e. The Bertz CT molecular complexity index is 180. The molecule has 0 saturated carbocycles. The molecule has 1 unspecified atom stereocenters. The molecule has 0 aromatic heterocycles. The predicted octanol–water partition coefficient (Wildman–Crippen LogP) is -0.389. The number of rotatable bonds is 4. The molecule has 0 aromatic rings. The van der Waals surface area contributed by atoms with Crippen LogP contribution >= 0.6 is 0 Å². The van der Waals surface area contributed by atoms with E-state index in [1.807, 2.05) is 0 Å². The third-order valence-corrected chi connectivity index (χ3v) is 1.47. The maximum absolute atomic E-state index is 10.5. The normalized spacial score (nSPS) is 14.9. The molecule has 0 aliphatic heterocycles. The Morgan fingerprint density at radius 1 is 1.50 bits per heavy atom. The van der Waals surface area contributed by atoms with Gasteiger partial charge in [0, 0.05) is 14.0 Å². The molecular formula is C7H13NO4. The molecule has 0 saturated heterocycles. The summed E-state index contributed by atoms with van der Waals surface area (Å²) in [6.45, 7) is 2.84. The number of amides is 1. The van der Waals surface area contributed by atoms with Crippen molar-refractivity contribution in [1.82, 2.24) is 5.32 Å². The summed E-state index contributed by atoms with van der Waals surface area (Å²) >= 11 is 0. The number of carboxylic acid groups (broad SMARTS) is 1. The van der Waals surface area contributed by atoms with Crippen LogP contribution in [0, 0.1) is 0 Å². The second-order valence-electron chi connectivity index (χ2n) is 2.46. The maximum atomic E-state index is 10.5. The zero-order valence-electron chi connectivity index (χ0n) is 7.33. The van der Waals surface area contributed by atoms with Crippen LogP contribution in [0.5, 0.6) is 0 Å². The van der Waals surface area contributed by atoms with Gasteiger partial charge in [-0.15, -0.1) is 0 Å². The van der Waals surface area contributed by atoms with Crippen LogP contribution < -0.4 is 5.32 Å². The lowest BCUT2D eigenvalue weighted by Crippen LogP contribution is -2.47. The first-order valence-electron chi connectivity index (χ1n) is 3.51. The Labute approximate surface area is 70.7 Å². The van der Waals surface area contributed by atoms with Crippen LogP contribution in [0.1, 0.15) is 13.8 Å². The van der Waals surface area contributed by atoms with Crippen LogP contribution in [0.2, 0.25) is 0 Å². The van der Waals surface area contributed by atoms with Crippen molar-refractivity contribution in [2.24, 2.45) is 0 Å². The average molecular weight is 175 g/mol. The fourth-order valence-corrected chi connectivity index (χ4v) is 0.735. The van der Waals surface area contributed by atoms with Crippen LogP contribution in [0.4, 0.5) is 0 Å². The third kappa shape index (κ3) is 3.34. The number of ether oxygens (including phenoxy) is 1. The quantitative estimate of drug-likeness (QED) is 0.610. The molecule has 0 radical (unpaired) electrons. The zero-order valence-corrected chi connectivity index (χ0v) is 7.33. The number of carboxylic acids is 1. The molecule has 0 aliphatic carbocycles. The highest BCUT2D eigenvalue weighted by Gasteiger charge is 2.24. The molecule has 12 heavy (non-hydrogen) atoms. The monoisotopic (exact) mass is 175 g/mol. The molecule has 0 aliphatic rings. The summed E-state index contributed by atoms with van der Waals surface area (Å²) in [5.74, 6) is -1.48. The van der Waals surface area contributed by atoms with Gasteiger partial charge in [0.2, 0.25) is 5.91 Å². The average Bonchev–Trinajstić information content (AvgIpc) is 1.98. The van der Waals surface area contributed by atoms with Crippen LogP contribution in [0.15, 0.2) is 0 Å². The lowest BCUT2D eigenvalue weighted by Gasteiger charge is -2.18. The Hall–Kier alpha value is -1.10. The first kappa shape index (κ1) is 10.9. The summed E-state index contributed by atoms with van der Waals surface area (Å²) in [4.78, 5) is 21.1. The van der Waals surface area contributed by atoms with Crippen molar-refractivity contribution < 1.29 is 19.4 Å². The standard InChI is InChI=1S/C7H13NO4/c1-4(12-3)6(7(10)11)8-5(2)9/h4,6H,1-3H3,(H,8,9)(H,10,11)/t4-,6?/m1/s1. The van der Waals surface area contributed by atoms with Gasteiger partial charge in [-0.25, -0.2) is 4.79 Å². The Kier molecular flexibility index (Phi) is 4.28. The minimum Gasteiger partial charge on any atom is -0.480 e. The molecule has 0 rings (SSSR count). The molecule has 0 aromatic carbocycles. The topological polar surface area (TPSA) is 75.6 Å². The van der Waals surface area contributed by atoms with Gasteiger partial charge in [-0.3, -0.25) is 4.79 Å². The van der Waals surface area contributed by atoms with Gasteiger partial charge in [-0.2, -0.15) is 0 Å². The van der Waals surface area contributed by atoms with Gasteiger partial charge < -0.3 is 15.2 Å². The van der Waals surface area contributed by atoms with Gasteiger partial charge in [-0.1, -0.05) is 0 Å². The van der Waals surface area contributed by atoms with Gasteiger partial charge in [-0.05, 0) is 6.92 Å². The first-order chi connectivity index (χ1) is 5.49. The number of hydrogen-bond acceptors (Lipinski definition) is 3. The molecule has 2 N–H and O–H groups in total. The molecule has 0 heterocycles. The smallest absolute Gasteiger partial charge is 0.328 e. The molecule has 5 heteroatoms. The molecule has 70 valence electrons. The van der Waals surface area contributed by atoms with E-state index in [1.54, 1.807) is 6.92 Å². The molecule has 0 spiro atoms. The Morgan fingerprint density at radius 2 is 2.00 bits per heavy atom. The number of hydrogen-bond donors (Lipinski definition) is 2. The predicted molar refractivity (Wildman–Crippen MR) is 41.7 cm³/mol. The van der Waals surface area contributed by atoms with E-state index in [9.17, 15) is 9.59 Å². The van der Waals surface area contributed by atoms with Crippen LogP contribution in [-0.4, -0.2) is 36.2 Å². The van der Waals surface area contributed by atoms with Crippen molar-refractivity contribution in [2.45, 2.75) is 26.0 Å². The van der Waals surface area contributed by atoms with Crippen molar-refractivity contribution in [3.05, 3.63) is 0 Å². The fourth-order valence-electron chi connectivity index (χ4n) is 0.735. The number of nitrogens with one attached hydrogen (secondary N) is 1. The minimum atomic E-state index is -1.10. The fraction of sp³-hybridized carbons (Fsp3) is 0.714. The second-order valence-corrected chi connectivity index (χ2v) is 2.46. The van der Waals surface area contributed by atoms with Gasteiger partial charge in [0.1, 0.15) is 0 Å². The second kappa shape index (κ2) is 4.71. The lowest BCUT2D eigenvalue weighted by molar-refractivity contribution is -0.145. The third-order valence-electron chi connectivity index (χ3n) is 1.47. The highest BCUT2D eigenvalue weighted by Crippen LogP contribution is 1.97. The number of methoxy groups -OCH3 is 1. The number of carbonyl (C=O) groups excluding carboxylic acids is 1. The van der Waals surface area contributed by atoms with E-state index in [0.717, 1.165) is 0 Å². The van der Waals surface area contributed by atoms with E-state index in [-0.39, 0.29) is 5.91 Å². The van der Waals surface area contributed by atoms with Crippen molar-refractivity contribution in [3.8, 4) is 0 Å². The van der Waals surface area contributed by atoms with Crippen molar-refractivity contribution in [1.29, 1.82) is 0 Å². The van der Waals surface area contributed by atoms with Gasteiger partial charge >= 0.3 is 5.97 Å². The van der Waals surface area contributed by atoms with E-state index < -0.39 is 18.1 Å². The van der Waals surface area contributed by atoms with E-state index >= 15 is 0 Å². The van der Waals surface area contributed by atoms with Gasteiger partial charge in [0.15, 0.2) is 6.04 Å². The van der Waals surface area contributed by atoms with E-state index in [4.69, 9.17) is 9.84 Å². The molecule has 0 bridgehead atoms. The molecule has 5 nitrogen and oxygen atoms in total. The van der Waals surface area contributed by atoms with E-state index in [2.05, 4.69) is 5.32 Å². The van der Waals surface area contributed by atoms with E-state index in [0.29, 0.717) is 0 Å². The Morgan fingerprint density at radius 3 is 2.25 bits per heavy atom. The summed E-state index contributed by atoms with van der Waals surface area (Å²) in [6.07, 6.45) is -0.536. The summed E-state index contributed by atoms with van der Waals surface area (Å²) in [5.41, 5.74) is 0. The molecule has 1 amide bonds. The summed E-state index contributed by atoms with van der Waals surface area (Å²) in [5, 5.41) is 10.9. The van der Waals surface area contributed by atoms with Crippen LogP contribution in [0.25, 0.3) is 0 Å². The number of carbonyl (C=O) groups is 2. The largest absolute Gasteiger partial charge is 0.480 e. The highest BCUT2D eigenvalue weighted by molar-refractivity contribution is 5.82. The summed E-state index contributed by atoms with van der Waals surface area (Å²) < 4.78 is 4.78. The number of aliphatic carboxylic acids is 1.